The van der Waals surface area contributed by atoms with Gasteiger partial charge in [-0.3, -0.25) is 9.69 Å². The molecular weight excluding hydrogens is 423 g/mol. The summed E-state index contributed by atoms with van der Waals surface area (Å²) in [5, 5.41) is 11.8. The van der Waals surface area contributed by atoms with E-state index in [2.05, 4.69) is 10.2 Å². The molecule has 1 N–H and O–H groups in total. The van der Waals surface area contributed by atoms with Crippen LogP contribution in [0.15, 0.2) is 48.5 Å². The summed E-state index contributed by atoms with van der Waals surface area (Å²) in [4.78, 5) is 14.7. The Balaban J connectivity index is 1.68. The molecule has 1 amide bonds. The minimum Gasteiger partial charge on any atom is -0.481 e. The molecule has 3 rings (SSSR count). The fourth-order valence-electron chi connectivity index (χ4n) is 3.48. The lowest BCUT2D eigenvalue weighted by atomic mass is 10.0. The molecule has 9 heteroatoms. The summed E-state index contributed by atoms with van der Waals surface area (Å²) in [5.41, 5.74) is 0.382. The number of hydrogen-bond acceptors (Lipinski definition) is 5. The molecule has 0 saturated carbocycles. The summed E-state index contributed by atoms with van der Waals surface area (Å²) in [6.07, 6.45) is -5.22. The molecule has 1 aliphatic rings. The molecule has 2 aromatic carbocycles. The van der Waals surface area contributed by atoms with Crippen molar-refractivity contribution in [2.45, 2.75) is 25.2 Å². The number of hydrogen-bond donors (Lipinski definition) is 1. The van der Waals surface area contributed by atoms with Crippen molar-refractivity contribution >= 4 is 5.91 Å². The summed E-state index contributed by atoms with van der Waals surface area (Å²) in [5.74, 6) is 0.0386. The Bertz CT molecular complexity index is 951. The average Bonchev–Trinajstić information content (AvgIpc) is 2.79. The van der Waals surface area contributed by atoms with Crippen molar-refractivity contribution in [1.29, 1.82) is 5.26 Å². The van der Waals surface area contributed by atoms with Crippen molar-refractivity contribution in [2.75, 3.05) is 32.8 Å². The third-order valence-electron chi connectivity index (χ3n) is 5.22. The van der Waals surface area contributed by atoms with Gasteiger partial charge in [-0.05, 0) is 42.8 Å². The Morgan fingerprint density at radius 2 is 1.91 bits per heavy atom. The van der Waals surface area contributed by atoms with E-state index >= 15 is 0 Å². The SMILES string of the molecule is CC(Oc1cccc(C#N)c1)C(=O)NCC(c1ccc(C(F)(F)F)cc1)N1CCOCC1. The van der Waals surface area contributed by atoms with E-state index in [1.54, 1.807) is 31.2 Å². The zero-order chi connectivity index (χ0) is 23.1. The summed E-state index contributed by atoms with van der Waals surface area (Å²) in [6, 6.07) is 13.2. The number of amides is 1. The van der Waals surface area contributed by atoms with Crippen LogP contribution in [0.3, 0.4) is 0 Å². The zero-order valence-corrected chi connectivity index (χ0v) is 17.6. The highest BCUT2D eigenvalue weighted by Crippen LogP contribution is 2.31. The van der Waals surface area contributed by atoms with E-state index in [1.165, 1.54) is 12.1 Å². The van der Waals surface area contributed by atoms with Crippen LogP contribution < -0.4 is 10.1 Å². The first-order chi connectivity index (χ1) is 15.3. The number of alkyl halides is 3. The van der Waals surface area contributed by atoms with E-state index in [9.17, 15) is 18.0 Å². The largest absolute Gasteiger partial charge is 0.481 e. The highest BCUT2D eigenvalue weighted by atomic mass is 19.4. The lowest BCUT2D eigenvalue weighted by Gasteiger charge is -2.35. The third kappa shape index (κ3) is 6.22. The number of benzene rings is 2. The molecule has 0 radical (unpaired) electrons. The molecule has 1 aliphatic heterocycles. The second kappa shape index (κ2) is 10.5. The molecular formula is C23H24F3N3O3. The van der Waals surface area contributed by atoms with Gasteiger partial charge in [0.25, 0.3) is 5.91 Å². The summed E-state index contributed by atoms with van der Waals surface area (Å²) in [7, 11) is 0. The van der Waals surface area contributed by atoms with Crippen LogP contribution >= 0.6 is 0 Å². The molecule has 170 valence electrons. The minimum atomic E-state index is -4.41. The Morgan fingerprint density at radius 1 is 1.22 bits per heavy atom. The number of carbonyl (C=O) groups is 1. The second-order valence-electron chi connectivity index (χ2n) is 7.43. The lowest BCUT2D eigenvalue weighted by molar-refractivity contribution is -0.137. The number of morpholine rings is 1. The van der Waals surface area contributed by atoms with Gasteiger partial charge in [0.1, 0.15) is 5.75 Å². The number of nitriles is 1. The summed E-state index contributed by atoms with van der Waals surface area (Å²) < 4.78 is 49.8. The fraction of sp³-hybridized carbons (Fsp3) is 0.391. The van der Waals surface area contributed by atoms with E-state index in [-0.39, 0.29) is 18.5 Å². The van der Waals surface area contributed by atoms with Crippen LogP contribution in [0.25, 0.3) is 0 Å². The molecule has 2 atom stereocenters. The zero-order valence-electron chi connectivity index (χ0n) is 17.6. The van der Waals surface area contributed by atoms with Crippen molar-refractivity contribution in [3.8, 4) is 11.8 Å². The maximum absolute atomic E-state index is 12.9. The monoisotopic (exact) mass is 447 g/mol. The van der Waals surface area contributed by atoms with Gasteiger partial charge in [0.05, 0.1) is 36.5 Å². The van der Waals surface area contributed by atoms with Crippen molar-refractivity contribution in [3.63, 3.8) is 0 Å². The van der Waals surface area contributed by atoms with Gasteiger partial charge in [0, 0.05) is 19.6 Å². The molecule has 2 aromatic rings. The van der Waals surface area contributed by atoms with Crippen LogP contribution in [0.2, 0.25) is 0 Å². The Kier molecular flexibility index (Phi) is 7.72. The number of carbonyl (C=O) groups excluding carboxylic acids is 1. The molecule has 0 spiro atoms. The topological polar surface area (TPSA) is 74.6 Å². The van der Waals surface area contributed by atoms with Gasteiger partial charge in [0.2, 0.25) is 0 Å². The van der Waals surface area contributed by atoms with Crippen molar-refractivity contribution < 1.29 is 27.4 Å². The van der Waals surface area contributed by atoms with Gasteiger partial charge < -0.3 is 14.8 Å². The molecule has 0 aliphatic carbocycles. The first-order valence-electron chi connectivity index (χ1n) is 10.2. The number of nitrogens with zero attached hydrogens (tertiary/aromatic N) is 2. The first-order valence-corrected chi connectivity index (χ1v) is 10.2. The minimum absolute atomic E-state index is 0.204. The standard InChI is InChI=1S/C23H24F3N3O3/c1-16(32-20-4-2-3-17(13-20)14-27)22(30)28-15-21(29-9-11-31-12-10-29)18-5-7-19(8-6-18)23(24,25)26/h2-8,13,16,21H,9-12,15H2,1H3,(H,28,30). The summed E-state index contributed by atoms with van der Waals surface area (Å²) >= 11 is 0. The molecule has 0 aromatic heterocycles. The van der Waals surface area contributed by atoms with Gasteiger partial charge in [-0.2, -0.15) is 18.4 Å². The molecule has 2 unspecified atom stereocenters. The lowest BCUT2D eigenvalue weighted by Crippen LogP contribution is -2.45. The normalized spacial score (nSPS) is 16.6. The van der Waals surface area contributed by atoms with Gasteiger partial charge in [0.15, 0.2) is 6.10 Å². The maximum Gasteiger partial charge on any atom is 0.416 e. The van der Waals surface area contributed by atoms with Gasteiger partial charge in [-0.1, -0.05) is 18.2 Å². The van der Waals surface area contributed by atoms with Crippen LogP contribution in [-0.4, -0.2) is 49.8 Å². The fourth-order valence-corrected chi connectivity index (χ4v) is 3.48. The van der Waals surface area contributed by atoms with E-state index in [4.69, 9.17) is 14.7 Å². The number of ether oxygens (including phenoxy) is 2. The Labute approximate surface area is 184 Å². The second-order valence-corrected chi connectivity index (χ2v) is 7.43. The summed E-state index contributed by atoms with van der Waals surface area (Å²) in [6.45, 7) is 4.04. The number of rotatable bonds is 7. The molecule has 6 nitrogen and oxygen atoms in total. The van der Waals surface area contributed by atoms with Crippen LogP contribution in [0.4, 0.5) is 13.2 Å². The van der Waals surface area contributed by atoms with Gasteiger partial charge in [-0.15, -0.1) is 0 Å². The first kappa shape index (κ1) is 23.6. The predicted molar refractivity (Wildman–Crippen MR) is 111 cm³/mol. The molecule has 32 heavy (non-hydrogen) atoms. The highest BCUT2D eigenvalue weighted by molar-refractivity contribution is 5.80. The van der Waals surface area contributed by atoms with E-state index in [0.717, 1.165) is 12.1 Å². The van der Waals surface area contributed by atoms with Gasteiger partial charge in [-0.25, -0.2) is 0 Å². The molecule has 0 bridgehead atoms. The molecule has 1 heterocycles. The average molecular weight is 447 g/mol. The Hall–Kier alpha value is -3.09. The number of nitrogens with one attached hydrogen (secondary N) is 1. The van der Waals surface area contributed by atoms with Crippen molar-refractivity contribution in [1.82, 2.24) is 10.2 Å². The van der Waals surface area contributed by atoms with Gasteiger partial charge >= 0.3 is 6.18 Å². The van der Waals surface area contributed by atoms with Crippen molar-refractivity contribution in [2.24, 2.45) is 0 Å². The predicted octanol–water partition coefficient (Wildman–Crippen LogP) is 3.53. The third-order valence-corrected chi connectivity index (χ3v) is 5.22. The Morgan fingerprint density at radius 3 is 2.53 bits per heavy atom. The van der Waals surface area contributed by atoms with Crippen LogP contribution in [-0.2, 0) is 15.7 Å². The molecule has 1 fully saturated rings. The highest BCUT2D eigenvalue weighted by Gasteiger charge is 2.31. The number of halogens is 3. The van der Waals surface area contributed by atoms with E-state index in [1.807, 2.05) is 6.07 Å². The van der Waals surface area contributed by atoms with E-state index < -0.39 is 17.8 Å². The van der Waals surface area contributed by atoms with Crippen LogP contribution in [0.5, 0.6) is 5.75 Å². The van der Waals surface area contributed by atoms with Crippen molar-refractivity contribution in [3.05, 3.63) is 65.2 Å². The smallest absolute Gasteiger partial charge is 0.416 e. The molecule has 1 saturated heterocycles. The van der Waals surface area contributed by atoms with Crippen LogP contribution in [0, 0.1) is 11.3 Å². The maximum atomic E-state index is 12.9. The van der Waals surface area contributed by atoms with Crippen LogP contribution in [0.1, 0.15) is 29.7 Å². The van der Waals surface area contributed by atoms with E-state index in [0.29, 0.717) is 43.2 Å². The quantitative estimate of drug-likeness (QED) is 0.703.